The minimum absolute atomic E-state index is 0.144. The Bertz CT molecular complexity index is 1200. The van der Waals surface area contributed by atoms with Gasteiger partial charge in [0.15, 0.2) is 5.76 Å². The first kappa shape index (κ1) is 22.2. The Labute approximate surface area is 186 Å². The minimum Gasteiger partial charge on any atom is -0.379 e. The normalized spacial score (nSPS) is 15.1. The topological polar surface area (TPSA) is 120 Å². The van der Waals surface area contributed by atoms with Crippen LogP contribution in [0.5, 0.6) is 0 Å². The maximum Gasteiger partial charge on any atom is 0.246 e. The van der Waals surface area contributed by atoms with E-state index in [1.54, 1.807) is 42.9 Å². The number of hydrogen-bond donors (Lipinski definition) is 1. The van der Waals surface area contributed by atoms with Gasteiger partial charge >= 0.3 is 0 Å². The maximum atomic E-state index is 13.1. The van der Waals surface area contributed by atoms with Crippen LogP contribution in [0.25, 0.3) is 11.3 Å². The fourth-order valence-electron chi connectivity index (χ4n) is 3.73. The number of sulfonamides is 1. The van der Waals surface area contributed by atoms with Crippen LogP contribution < -0.4 is 5.32 Å². The van der Waals surface area contributed by atoms with Gasteiger partial charge in [-0.15, -0.1) is 0 Å². The number of ether oxygens (including phenoxy) is 1. The zero-order valence-electron chi connectivity index (χ0n) is 17.9. The molecule has 0 saturated carbocycles. The lowest BCUT2D eigenvalue weighted by Gasteiger charge is -2.26. The number of rotatable bonds is 7. The molecule has 1 fully saturated rings. The summed E-state index contributed by atoms with van der Waals surface area (Å²) in [5.41, 5.74) is 2.38. The molecule has 1 aromatic carbocycles. The first-order chi connectivity index (χ1) is 15.4. The van der Waals surface area contributed by atoms with Gasteiger partial charge in [-0.2, -0.15) is 9.40 Å². The average Bonchev–Trinajstić information content (AvgIpc) is 3.41. The molecular formula is C21H25N5O5S. The van der Waals surface area contributed by atoms with E-state index in [4.69, 9.17) is 9.26 Å². The molecule has 1 aliphatic rings. The monoisotopic (exact) mass is 459 g/mol. The van der Waals surface area contributed by atoms with Crippen LogP contribution in [0, 0.1) is 13.8 Å². The summed E-state index contributed by atoms with van der Waals surface area (Å²) >= 11 is 0. The Morgan fingerprint density at radius 3 is 2.69 bits per heavy atom. The molecule has 32 heavy (non-hydrogen) atoms. The van der Waals surface area contributed by atoms with E-state index < -0.39 is 10.0 Å². The molecule has 10 nitrogen and oxygen atoms in total. The summed E-state index contributed by atoms with van der Waals surface area (Å²) in [6.07, 6.45) is 1.70. The Kier molecular flexibility index (Phi) is 6.40. The van der Waals surface area contributed by atoms with Gasteiger partial charge in [0.25, 0.3) is 0 Å². The van der Waals surface area contributed by atoms with Crippen LogP contribution in [0.3, 0.4) is 0 Å². The minimum atomic E-state index is -3.66. The molecule has 1 N–H and O–H groups in total. The fraction of sp³-hybridized carbons (Fsp3) is 0.381. The van der Waals surface area contributed by atoms with Gasteiger partial charge in [0.05, 0.1) is 37.3 Å². The van der Waals surface area contributed by atoms with E-state index in [0.29, 0.717) is 49.1 Å². The molecule has 1 aliphatic heterocycles. The molecule has 0 aliphatic carbocycles. The van der Waals surface area contributed by atoms with E-state index in [0.717, 1.165) is 5.56 Å². The first-order valence-electron chi connectivity index (χ1n) is 10.3. The molecule has 0 spiro atoms. The van der Waals surface area contributed by atoms with Crippen molar-refractivity contribution in [1.29, 1.82) is 0 Å². The van der Waals surface area contributed by atoms with Crippen molar-refractivity contribution in [3.63, 3.8) is 0 Å². The molecule has 0 unspecified atom stereocenters. The molecule has 170 valence electrons. The molecular weight excluding hydrogens is 434 g/mol. The lowest BCUT2D eigenvalue weighted by Crippen LogP contribution is -2.41. The van der Waals surface area contributed by atoms with Crippen molar-refractivity contribution in [2.45, 2.75) is 31.7 Å². The molecule has 0 atom stereocenters. The molecule has 11 heteroatoms. The largest absolute Gasteiger partial charge is 0.379 e. The predicted molar refractivity (Wildman–Crippen MR) is 116 cm³/mol. The highest BCUT2D eigenvalue weighted by atomic mass is 32.2. The van der Waals surface area contributed by atoms with Crippen molar-refractivity contribution in [3.05, 3.63) is 47.9 Å². The van der Waals surface area contributed by atoms with Crippen molar-refractivity contribution in [2.75, 3.05) is 31.6 Å². The average molecular weight is 460 g/mol. The number of carbonyl (C=O) groups is 1. The van der Waals surface area contributed by atoms with Crippen LogP contribution in [0.15, 0.2) is 45.9 Å². The summed E-state index contributed by atoms with van der Waals surface area (Å²) in [6, 6.07) is 9.01. The number of carbonyl (C=O) groups excluding carboxylic acids is 1. The van der Waals surface area contributed by atoms with Crippen molar-refractivity contribution in [2.24, 2.45) is 0 Å². The quantitative estimate of drug-likeness (QED) is 0.575. The number of hydrogen-bond acceptors (Lipinski definition) is 7. The van der Waals surface area contributed by atoms with Crippen LogP contribution in [-0.4, -0.2) is 59.9 Å². The van der Waals surface area contributed by atoms with Crippen LogP contribution in [0.2, 0.25) is 0 Å². The van der Waals surface area contributed by atoms with Crippen LogP contribution >= 0.6 is 0 Å². The van der Waals surface area contributed by atoms with Crippen molar-refractivity contribution < 1.29 is 22.5 Å². The number of nitrogens with one attached hydrogen (secondary N) is 1. The Balaban J connectivity index is 1.43. The van der Waals surface area contributed by atoms with E-state index in [-0.39, 0.29) is 23.8 Å². The van der Waals surface area contributed by atoms with Crippen molar-refractivity contribution in [1.82, 2.24) is 19.2 Å². The van der Waals surface area contributed by atoms with Gasteiger partial charge in [-0.1, -0.05) is 17.3 Å². The Morgan fingerprint density at radius 1 is 1.19 bits per heavy atom. The zero-order valence-corrected chi connectivity index (χ0v) is 18.8. The lowest BCUT2D eigenvalue weighted by molar-refractivity contribution is -0.116. The van der Waals surface area contributed by atoms with Crippen LogP contribution in [-0.2, 0) is 26.1 Å². The van der Waals surface area contributed by atoms with E-state index in [1.807, 2.05) is 12.1 Å². The number of nitrogens with zero attached hydrogens (tertiary/aromatic N) is 4. The second kappa shape index (κ2) is 9.23. The highest BCUT2D eigenvalue weighted by Gasteiger charge is 2.32. The Hall–Kier alpha value is -3.02. The Morgan fingerprint density at radius 2 is 1.97 bits per heavy atom. The zero-order chi connectivity index (χ0) is 22.7. The van der Waals surface area contributed by atoms with Crippen LogP contribution in [0.4, 0.5) is 5.69 Å². The van der Waals surface area contributed by atoms with Gasteiger partial charge in [0.2, 0.25) is 15.9 Å². The highest BCUT2D eigenvalue weighted by Crippen LogP contribution is 2.25. The molecule has 0 radical (unpaired) electrons. The number of morpholine rings is 1. The molecule has 0 bridgehead atoms. The number of benzene rings is 1. The summed E-state index contributed by atoms with van der Waals surface area (Å²) in [5.74, 6) is 0.405. The summed E-state index contributed by atoms with van der Waals surface area (Å²) in [7, 11) is -3.66. The smallest absolute Gasteiger partial charge is 0.246 e. The summed E-state index contributed by atoms with van der Waals surface area (Å²) in [5, 5.41) is 10.9. The van der Waals surface area contributed by atoms with E-state index in [1.165, 1.54) is 4.31 Å². The van der Waals surface area contributed by atoms with Crippen molar-refractivity contribution >= 4 is 21.6 Å². The molecule has 4 rings (SSSR count). The van der Waals surface area contributed by atoms with E-state index in [9.17, 15) is 13.2 Å². The molecule has 1 saturated heterocycles. The van der Waals surface area contributed by atoms with E-state index >= 15 is 0 Å². The third kappa shape index (κ3) is 4.59. The number of aryl methyl sites for hydroxylation is 2. The van der Waals surface area contributed by atoms with Gasteiger partial charge in [-0.3, -0.25) is 9.48 Å². The summed E-state index contributed by atoms with van der Waals surface area (Å²) in [4.78, 5) is 12.7. The third-order valence-corrected chi connectivity index (χ3v) is 7.45. The highest BCUT2D eigenvalue weighted by molar-refractivity contribution is 7.89. The van der Waals surface area contributed by atoms with E-state index in [2.05, 4.69) is 15.6 Å². The standard InChI is InChI=1S/C21H25N5O5S/c1-15-21(32(28,29)25-10-12-30-13-11-25)16(2)26(24-15)9-7-20(27)23-18-5-3-4-17(14-18)19-6-8-22-31-19/h3-6,8,14H,7,9-13H2,1-2H3,(H,23,27). The number of aromatic nitrogens is 3. The molecule has 3 heterocycles. The number of anilines is 1. The summed E-state index contributed by atoms with van der Waals surface area (Å²) < 4.78 is 39.6. The number of amides is 1. The maximum absolute atomic E-state index is 13.1. The second-order valence-corrected chi connectivity index (χ2v) is 9.37. The molecule has 2 aromatic heterocycles. The fourth-order valence-corrected chi connectivity index (χ4v) is 5.51. The molecule has 1 amide bonds. The predicted octanol–water partition coefficient (Wildman–Crippen LogP) is 2.20. The summed E-state index contributed by atoms with van der Waals surface area (Å²) in [6.45, 7) is 5.05. The van der Waals surface area contributed by atoms with Crippen LogP contribution in [0.1, 0.15) is 17.8 Å². The van der Waals surface area contributed by atoms with Gasteiger partial charge in [0.1, 0.15) is 4.90 Å². The SMILES string of the molecule is Cc1nn(CCC(=O)Nc2cccc(-c3ccno3)c2)c(C)c1S(=O)(=O)N1CCOCC1. The first-order valence-corrected chi connectivity index (χ1v) is 11.7. The third-order valence-electron chi connectivity index (χ3n) is 5.30. The van der Waals surface area contributed by atoms with Gasteiger partial charge in [-0.25, -0.2) is 8.42 Å². The van der Waals surface area contributed by atoms with Crippen molar-refractivity contribution in [3.8, 4) is 11.3 Å². The van der Waals surface area contributed by atoms with Gasteiger partial charge in [-0.05, 0) is 26.0 Å². The second-order valence-electron chi connectivity index (χ2n) is 7.50. The van der Waals surface area contributed by atoms with Gasteiger partial charge in [0, 0.05) is 36.8 Å². The lowest BCUT2D eigenvalue weighted by atomic mass is 10.1. The van der Waals surface area contributed by atoms with Gasteiger partial charge < -0.3 is 14.6 Å². The molecule has 3 aromatic rings.